The van der Waals surface area contributed by atoms with Crippen LogP contribution in [0, 0.1) is 6.92 Å². The summed E-state index contributed by atoms with van der Waals surface area (Å²) < 4.78 is 5.81. The lowest BCUT2D eigenvalue weighted by molar-refractivity contribution is 0.248. The van der Waals surface area contributed by atoms with E-state index in [1.807, 2.05) is 62.4 Å². The van der Waals surface area contributed by atoms with Crippen LogP contribution in [0.4, 0.5) is 10.5 Å². The van der Waals surface area contributed by atoms with E-state index < -0.39 is 0 Å². The highest BCUT2D eigenvalue weighted by Crippen LogP contribution is 2.24. The number of nitrogens with one attached hydrogen (secondary N) is 2. The molecule has 0 aliphatic carbocycles. The second kappa shape index (κ2) is 6.79. The lowest BCUT2D eigenvalue weighted by atomic mass is 10.1. The van der Waals surface area contributed by atoms with Gasteiger partial charge in [0.2, 0.25) is 0 Å². The average molecular weight is 322 g/mol. The van der Waals surface area contributed by atoms with Gasteiger partial charge in [-0.2, -0.15) is 0 Å². The highest BCUT2D eigenvalue weighted by Gasteiger charge is 2.15. The molecule has 124 valence electrons. The summed E-state index contributed by atoms with van der Waals surface area (Å²) in [5.74, 6) is 0.742. The van der Waals surface area contributed by atoms with Crippen molar-refractivity contribution in [3.8, 4) is 0 Å². The molecule has 0 fully saturated rings. The van der Waals surface area contributed by atoms with Crippen LogP contribution in [0.3, 0.4) is 0 Å². The topological polar surface area (TPSA) is 54.3 Å². The van der Waals surface area contributed by atoms with Crippen molar-refractivity contribution in [3.05, 3.63) is 65.4 Å². The van der Waals surface area contributed by atoms with Crippen LogP contribution in [-0.2, 0) is 6.42 Å². The summed E-state index contributed by atoms with van der Waals surface area (Å²) in [6, 6.07) is 15.4. The number of fused-ring (bicyclic) bond motifs is 1. The van der Waals surface area contributed by atoms with Crippen molar-refractivity contribution in [2.45, 2.75) is 33.2 Å². The zero-order valence-corrected chi connectivity index (χ0v) is 14.2. The zero-order valence-electron chi connectivity index (χ0n) is 14.2. The van der Waals surface area contributed by atoms with E-state index in [2.05, 4.69) is 17.6 Å². The first-order valence-electron chi connectivity index (χ1n) is 8.23. The van der Waals surface area contributed by atoms with E-state index in [0.717, 1.165) is 40.0 Å². The van der Waals surface area contributed by atoms with E-state index in [4.69, 9.17) is 4.42 Å². The van der Waals surface area contributed by atoms with Crippen molar-refractivity contribution in [1.82, 2.24) is 5.32 Å². The third kappa shape index (κ3) is 3.27. The molecule has 24 heavy (non-hydrogen) atoms. The Morgan fingerprint density at radius 2 is 1.96 bits per heavy atom. The SMILES string of the molecule is CCc1cccc(C)c1NC(=O)NC(C)c1cc2ccccc2o1. The van der Waals surface area contributed by atoms with Crippen LogP contribution in [0.5, 0.6) is 0 Å². The van der Waals surface area contributed by atoms with Crippen LogP contribution >= 0.6 is 0 Å². The average Bonchev–Trinajstić information content (AvgIpc) is 3.01. The number of rotatable bonds is 4. The molecule has 0 radical (unpaired) electrons. The normalized spacial score (nSPS) is 12.1. The molecule has 0 spiro atoms. The van der Waals surface area contributed by atoms with E-state index in [-0.39, 0.29) is 12.1 Å². The van der Waals surface area contributed by atoms with E-state index in [1.165, 1.54) is 0 Å². The van der Waals surface area contributed by atoms with E-state index in [0.29, 0.717) is 0 Å². The minimum absolute atomic E-state index is 0.216. The highest BCUT2D eigenvalue weighted by atomic mass is 16.3. The van der Waals surface area contributed by atoms with Gasteiger partial charge in [-0.1, -0.05) is 43.3 Å². The molecule has 1 heterocycles. The Bertz CT molecular complexity index is 834. The molecule has 4 heteroatoms. The third-order valence-corrected chi connectivity index (χ3v) is 4.20. The summed E-state index contributed by atoms with van der Waals surface area (Å²) in [6.45, 7) is 5.99. The standard InChI is InChI=1S/C20H22N2O2/c1-4-15-10-7-8-13(2)19(15)22-20(23)21-14(3)18-12-16-9-5-6-11-17(16)24-18/h5-12,14H,4H2,1-3H3,(H2,21,22,23). The molecule has 1 aromatic heterocycles. The summed E-state index contributed by atoms with van der Waals surface area (Å²) >= 11 is 0. The predicted octanol–water partition coefficient (Wildman–Crippen LogP) is 5.19. The highest BCUT2D eigenvalue weighted by molar-refractivity contribution is 5.91. The number of hydrogen-bond donors (Lipinski definition) is 2. The molecule has 0 saturated heterocycles. The number of anilines is 1. The molecule has 2 N–H and O–H groups in total. The lowest BCUT2D eigenvalue weighted by Gasteiger charge is -2.16. The molecule has 2 amide bonds. The first-order valence-corrected chi connectivity index (χ1v) is 8.23. The molecule has 3 rings (SSSR count). The van der Waals surface area contributed by atoms with Gasteiger partial charge in [0.25, 0.3) is 0 Å². The zero-order chi connectivity index (χ0) is 17.1. The summed E-state index contributed by atoms with van der Waals surface area (Å²) in [7, 11) is 0. The molecule has 1 atom stereocenters. The molecular weight excluding hydrogens is 300 g/mol. The van der Waals surface area contributed by atoms with Gasteiger partial charge in [-0.15, -0.1) is 0 Å². The smallest absolute Gasteiger partial charge is 0.319 e. The Morgan fingerprint density at radius 1 is 1.17 bits per heavy atom. The summed E-state index contributed by atoms with van der Waals surface area (Å²) in [4.78, 5) is 12.4. The van der Waals surface area contributed by atoms with Gasteiger partial charge in [-0.3, -0.25) is 0 Å². The Morgan fingerprint density at radius 3 is 2.71 bits per heavy atom. The van der Waals surface area contributed by atoms with Gasteiger partial charge in [0.05, 0.1) is 6.04 Å². The van der Waals surface area contributed by atoms with E-state index in [1.54, 1.807) is 0 Å². The second-order valence-electron chi connectivity index (χ2n) is 5.97. The summed E-state index contributed by atoms with van der Waals surface area (Å²) in [5.41, 5.74) is 3.89. The van der Waals surface area contributed by atoms with Crippen LogP contribution in [0.1, 0.15) is 36.8 Å². The first kappa shape index (κ1) is 16.1. The van der Waals surface area contributed by atoms with Crippen molar-refractivity contribution in [1.29, 1.82) is 0 Å². The third-order valence-electron chi connectivity index (χ3n) is 4.20. The maximum absolute atomic E-state index is 12.4. The minimum atomic E-state index is -0.230. The maximum atomic E-state index is 12.4. The number of aryl methyl sites for hydroxylation is 2. The van der Waals surface area contributed by atoms with E-state index in [9.17, 15) is 4.79 Å². The molecule has 0 aliphatic rings. The van der Waals surface area contributed by atoms with Crippen LogP contribution in [-0.4, -0.2) is 6.03 Å². The number of para-hydroxylation sites is 2. The quantitative estimate of drug-likeness (QED) is 0.695. The summed E-state index contributed by atoms with van der Waals surface area (Å²) in [6.07, 6.45) is 0.871. The molecule has 3 aromatic rings. The van der Waals surface area contributed by atoms with E-state index >= 15 is 0 Å². The molecule has 0 aliphatic heterocycles. The number of furan rings is 1. The van der Waals surface area contributed by atoms with Crippen molar-refractivity contribution in [2.24, 2.45) is 0 Å². The van der Waals surface area contributed by atoms with Crippen LogP contribution in [0.25, 0.3) is 11.0 Å². The Balaban J connectivity index is 1.73. The van der Waals surface area contributed by atoms with Gasteiger partial charge < -0.3 is 15.1 Å². The Hall–Kier alpha value is -2.75. The number of amides is 2. The molecule has 0 saturated carbocycles. The van der Waals surface area contributed by atoms with Gasteiger partial charge in [-0.05, 0) is 43.5 Å². The monoisotopic (exact) mass is 322 g/mol. The number of carbonyl (C=O) groups excluding carboxylic acids is 1. The second-order valence-corrected chi connectivity index (χ2v) is 5.97. The van der Waals surface area contributed by atoms with Gasteiger partial charge in [0.15, 0.2) is 0 Å². The Kier molecular flexibility index (Phi) is 4.56. The fourth-order valence-corrected chi connectivity index (χ4v) is 2.84. The molecule has 0 bridgehead atoms. The van der Waals surface area contributed by atoms with Crippen LogP contribution in [0.15, 0.2) is 52.9 Å². The van der Waals surface area contributed by atoms with Crippen molar-refractivity contribution < 1.29 is 9.21 Å². The molecule has 2 aromatic carbocycles. The molecule has 1 unspecified atom stereocenters. The number of urea groups is 1. The fraction of sp³-hybridized carbons (Fsp3) is 0.250. The van der Waals surface area contributed by atoms with Gasteiger partial charge >= 0.3 is 6.03 Å². The van der Waals surface area contributed by atoms with Crippen molar-refractivity contribution in [3.63, 3.8) is 0 Å². The largest absolute Gasteiger partial charge is 0.459 e. The number of benzene rings is 2. The number of hydrogen-bond acceptors (Lipinski definition) is 2. The Labute approximate surface area is 141 Å². The summed E-state index contributed by atoms with van der Waals surface area (Å²) in [5, 5.41) is 6.95. The predicted molar refractivity (Wildman–Crippen MR) is 97.3 cm³/mol. The first-order chi connectivity index (χ1) is 11.6. The molecule has 4 nitrogen and oxygen atoms in total. The minimum Gasteiger partial charge on any atom is -0.459 e. The number of carbonyl (C=O) groups is 1. The van der Waals surface area contributed by atoms with Gasteiger partial charge in [0.1, 0.15) is 11.3 Å². The van der Waals surface area contributed by atoms with Crippen molar-refractivity contribution >= 4 is 22.7 Å². The molecular formula is C20H22N2O2. The van der Waals surface area contributed by atoms with Gasteiger partial charge in [-0.25, -0.2) is 4.79 Å². The van der Waals surface area contributed by atoms with Gasteiger partial charge in [0, 0.05) is 11.1 Å². The van der Waals surface area contributed by atoms with Crippen LogP contribution in [0.2, 0.25) is 0 Å². The van der Waals surface area contributed by atoms with Crippen molar-refractivity contribution in [2.75, 3.05) is 5.32 Å². The fourth-order valence-electron chi connectivity index (χ4n) is 2.84. The lowest BCUT2D eigenvalue weighted by Crippen LogP contribution is -2.31. The maximum Gasteiger partial charge on any atom is 0.319 e. The van der Waals surface area contributed by atoms with Crippen LogP contribution < -0.4 is 10.6 Å².